The Morgan fingerprint density at radius 2 is 0.959 bits per heavy atom. The Kier molecular flexibility index (Phi) is 11.7. The van der Waals surface area contributed by atoms with Crippen LogP contribution in [0.5, 0.6) is 11.5 Å². The summed E-state index contributed by atoms with van der Waals surface area (Å²) in [5.74, 6) is -0.502. The van der Waals surface area contributed by atoms with Crippen molar-refractivity contribution in [2.24, 2.45) is 0 Å². The standard InChI is InChI=1S/C36H46N4O9/c1-35(2,3)48-33(45)39-19-7-9-27(39)31(43)37-21-29(41)23-11-15-25(16-12-23)47-26-17-13-24(14-18-26)30(42)22-38-32(44)28-10-8-20-40(28)34(46)49-36(4,5)6/h11-18,27-28H,7-10,19-22H2,1-6H3,(H,37,43)(H,38,44). The second-order valence-corrected chi connectivity index (χ2v) is 14.1. The number of benzene rings is 2. The molecule has 49 heavy (non-hydrogen) atoms. The summed E-state index contributed by atoms with van der Waals surface area (Å²) < 4.78 is 16.7. The first-order valence-corrected chi connectivity index (χ1v) is 16.5. The number of likely N-dealkylation sites (tertiary alicyclic amines) is 2. The van der Waals surface area contributed by atoms with Crippen molar-refractivity contribution in [1.29, 1.82) is 0 Å². The number of ether oxygens (including phenoxy) is 3. The van der Waals surface area contributed by atoms with Gasteiger partial charge in [0.1, 0.15) is 34.8 Å². The van der Waals surface area contributed by atoms with Crippen LogP contribution in [0.1, 0.15) is 87.9 Å². The third kappa shape index (κ3) is 10.5. The molecule has 13 nitrogen and oxygen atoms in total. The highest BCUT2D eigenvalue weighted by Crippen LogP contribution is 2.24. The van der Waals surface area contributed by atoms with Crippen LogP contribution in [0.2, 0.25) is 0 Å². The maximum Gasteiger partial charge on any atom is 0.410 e. The molecule has 0 radical (unpaired) electrons. The molecule has 13 heteroatoms. The molecule has 0 saturated carbocycles. The lowest BCUT2D eigenvalue weighted by atomic mass is 10.1. The number of ketones is 2. The first-order valence-electron chi connectivity index (χ1n) is 16.5. The molecule has 0 spiro atoms. The fourth-order valence-electron chi connectivity index (χ4n) is 5.49. The first-order chi connectivity index (χ1) is 23.0. The fourth-order valence-corrected chi connectivity index (χ4v) is 5.49. The molecule has 2 aliphatic rings. The van der Waals surface area contributed by atoms with Crippen LogP contribution in [0.25, 0.3) is 0 Å². The number of Topliss-reactive ketones (excluding diaryl/α,β-unsaturated/α-hetero) is 2. The second kappa shape index (κ2) is 15.5. The molecule has 4 amide bonds. The van der Waals surface area contributed by atoms with E-state index in [9.17, 15) is 28.8 Å². The van der Waals surface area contributed by atoms with Gasteiger partial charge in [-0.05, 0) is 116 Å². The van der Waals surface area contributed by atoms with Crippen LogP contribution >= 0.6 is 0 Å². The summed E-state index contributed by atoms with van der Waals surface area (Å²) >= 11 is 0. The van der Waals surface area contributed by atoms with Gasteiger partial charge >= 0.3 is 12.2 Å². The van der Waals surface area contributed by atoms with Crippen molar-refractivity contribution in [3.05, 3.63) is 59.7 Å². The summed E-state index contributed by atoms with van der Waals surface area (Å²) in [5.41, 5.74) is -0.613. The predicted molar refractivity (Wildman–Crippen MR) is 180 cm³/mol. The number of hydrogen-bond donors (Lipinski definition) is 2. The van der Waals surface area contributed by atoms with Gasteiger partial charge in [0, 0.05) is 24.2 Å². The molecule has 264 valence electrons. The Hall–Kier alpha value is -4.94. The Morgan fingerprint density at radius 3 is 1.29 bits per heavy atom. The van der Waals surface area contributed by atoms with E-state index in [1.54, 1.807) is 90.1 Å². The molecule has 0 aliphatic carbocycles. The molecule has 0 aromatic heterocycles. The van der Waals surface area contributed by atoms with E-state index in [0.29, 0.717) is 61.4 Å². The lowest BCUT2D eigenvalue weighted by Gasteiger charge is -2.28. The van der Waals surface area contributed by atoms with Gasteiger partial charge < -0.3 is 24.8 Å². The Morgan fingerprint density at radius 1 is 0.612 bits per heavy atom. The van der Waals surface area contributed by atoms with Crippen molar-refractivity contribution in [1.82, 2.24) is 20.4 Å². The molecular weight excluding hydrogens is 632 g/mol. The molecule has 2 aliphatic heterocycles. The zero-order valence-corrected chi connectivity index (χ0v) is 29.0. The van der Waals surface area contributed by atoms with Gasteiger partial charge in [0.2, 0.25) is 11.8 Å². The zero-order valence-electron chi connectivity index (χ0n) is 29.0. The second-order valence-electron chi connectivity index (χ2n) is 14.1. The van der Waals surface area contributed by atoms with Crippen molar-refractivity contribution in [2.45, 2.75) is 90.5 Å². The minimum atomic E-state index is -0.687. The topological polar surface area (TPSA) is 161 Å². The van der Waals surface area contributed by atoms with E-state index in [0.717, 1.165) is 0 Å². The number of rotatable bonds is 10. The summed E-state index contributed by atoms with van der Waals surface area (Å²) in [6.45, 7) is 10.9. The largest absolute Gasteiger partial charge is 0.457 e. The lowest BCUT2D eigenvalue weighted by molar-refractivity contribution is -0.125. The van der Waals surface area contributed by atoms with E-state index >= 15 is 0 Å². The van der Waals surface area contributed by atoms with E-state index in [1.807, 2.05) is 0 Å². The van der Waals surface area contributed by atoms with E-state index in [1.165, 1.54) is 9.80 Å². The van der Waals surface area contributed by atoms with Crippen LogP contribution in [0.4, 0.5) is 9.59 Å². The lowest BCUT2D eigenvalue weighted by Crippen LogP contribution is -2.48. The SMILES string of the molecule is CC(C)(C)OC(=O)N1CCCC1C(=O)NCC(=O)c1ccc(Oc2ccc(C(=O)CNC(=O)C3CCCN3C(=O)OC(C)(C)C)cc2)cc1. The van der Waals surface area contributed by atoms with Gasteiger partial charge in [-0.15, -0.1) is 0 Å². The van der Waals surface area contributed by atoms with Crippen molar-refractivity contribution >= 4 is 35.6 Å². The number of carbonyl (C=O) groups is 6. The van der Waals surface area contributed by atoms with Gasteiger partial charge in [-0.2, -0.15) is 0 Å². The highest BCUT2D eigenvalue weighted by molar-refractivity contribution is 6.01. The number of nitrogens with one attached hydrogen (secondary N) is 2. The maximum absolute atomic E-state index is 12.8. The Balaban J connectivity index is 1.23. The molecule has 2 fully saturated rings. The molecule has 2 N–H and O–H groups in total. The minimum absolute atomic E-state index is 0.226. The normalized spacial score (nSPS) is 17.7. The number of nitrogens with zero attached hydrogens (tertiary/aromatic N) is 2. The predicted octanol–water partition coefficient (Wildman–Crippen LogP) is 4.88. The van der Waals surface area contributed by atoms with Crippen LogP contribution in [0.3, 0.4) is 0 Å². The summed E-state index contributed by atoms with van der Waals surface area (Å²) in [6, 6.07) is 11.4. The van der Waals surface area contributed by atoms with Gasteiger partial charge in [-0.3, -0.25) is 29.0 Å². The number of amides is 4. The summed E-state index contributed by atoms with van der Waals surface area (Å²) in [7, 11) is 0. The zero-order chi connectivity index (χ0) is 35.9. The van der Waals surface area contributed by atoms with Crippen molar-refractivity contribution in [3.8, 4) is 11.5 Å². The van der Waals surface area contributed by atoms with E-state index in [-0.39, 0.29) is 24.7 Å². The van der Waals surface area contributed by atoms with Gasteiger partial charge in [0.15, 0.2) is 11.6 Å². The quantitative estimate of drug-likeness (QED) is 0.334. The molecule has 4 rings (SSSR count). The average Bonchev–Trinajstić information content (AvgIpc) is 3.72. The average molecular weight is 679 g/mol. The van der Waals surface area contributed by atoms with E-state index in [2.05, 4.69) is 10.6 Å². The van der Waals surface area contributed by atoms with Gasteiger partial charge in [0.05, 0.1) is 13.1 Å². The Bertz CT molecular complexity index is 1430. The van der Waals surface area contributed by atoms with Gasteiger partial charge in [0.25, 0.3) is 0 Å². The van der Waals surface area contributed by atoms with Crippen LogP contribution in [-0.2, 0) is 19.1 Å². The molecule has 2 atom stereocenters. The first kappa shape index (κ1) is 36.9. The molecule has 2 heterocycles. The van der Waals surface area contributed by atoms with Crippen LogP contribution in [0, 0.1) is 0 Å². The van der Waals surface area contributed by atoms with Crippen LogP contribution in [0.15, 0.2) is 48.5 Å². The smallest absolute Gasteiger partial charge is 0.410 e. The Labute approximate surface area is 286 Å². The summed E-state index contributed by atoms with van der Waals surface area (Å²) in [6.07, 6.45) is 1.22. The monoisotopic (exact) mass is 678 g/mol. The third-order valence-corrected chi connectivity index (χ3v) is 7.80. The molecule has 2 aromatic rings. The van der Waals surface area contributed by atoms with Gasteiger partial charge in [-0.25, -0.2) is 9.59 Å². The molecule has 0 bridgehead atoms. The maximum atomic E-state index is 12.8. The summed E-state index contributed by atoms with van der Waals surface area (Å²) in [5, 5.41) is 5.28. The third-order valence-electron chi connectivity index (χ3n) is 7.80. The van der Waals surface area contributed by atoms with E-state index in [4.69, 9.17) is 14.2 Å². The van der Waals surface area contributed by atoms with Crippen LogP contribution < -0.4 is 15.4 Å². The number of carbonyl (C=O) groups excluding carboxylic acids is 6. The van der Waals surface area contributed by atoms with E-state index < -0.39 is 47.3 Å². The molecule has 2 aromatic carbocycles. The fraction of sp³-hybridized carbons (Fsp3) is 0.500. The number of hydrogen-bond acceptors (Lipinski definition) is 9. The highest BCUT2D eigenvalue weighted by atomic mass is 16.6. The van der Waals surface area contributed by atoms with Crippen molar-refractivity contribution in [2.75, 3.05) is 26.2 Å². The molecule has 2 saturated heterocycles. The van der Waals surface area contributed by atoms with Crippen molar-refractivity contribution < 1.29 is 43.0 Å². The summed E-state index contributed by atoms with van der Waals surface area (Å²) in [4.78, 5) is 78.9. The highest BCUT2D eigenvalue weighted by Gasteiger charge is 2.38. The van der Waals surface area contributed by atoms with Crippen molar-refractivity contribution in [3.63, 3.8) is 0 Å². The minimum Gasteiger partial charge on any atom is -0.457 e. The van der Waals surface area contributed by atoms with Crippen LogP contribution in [-0.4, -0.2) is 94.8 Å². The molecular formula is C36H46N4O9. The molecule has 2 unspecified atom stereocenters. The van der Waals surface area contributed by atoms with Gasteiger partial charge in [-0.1, -0.05) is 0 Å².